The van der Waals surface area contributed by atoms with Gasteiger partial charge in [0, 0.05) is 18.8 Å². The average molecular weight is 353 g/mol. The first-order valence-corrected chi connectivity index (χ1v) is 6.98. The van der Waals surface area contributed by atoms with Crippen LogP contribution >= 0.6 is 0 Å². The predicted octanol–water partition coefficient (Wildman–Crippen LogP) is 2.57. The van der Waals surface area contributed by atoms with E-state index in [1.807, 2.05) is 0 Å². The number of amides is 1. The number of alkyl halides is 3. The van der Waals surface area contributed by atoms with Gasteiger partial charge < -0.3 is 15.3 Å². The maximum absolute atomic E-state index is 12.6. The van der Waals surface area contributed by atoms with E-state index in [0.29, 0.717) is 6.20 Å². The van der Waals surface area contributed by atoms with Crippen molar-refractivity contribution in [2.24, 2.45) is 5.16 Å². The molecule has 2 rings (SSSR count). The van der Waals surface area contributed by atoms with Crippen LogP contribution in [0, 0.1) is 0 Å². The first kappa shape index (κ1) is 18.2. The Morgan fingerprint density at radius 1 is 1.28 bits per heavy atom. The zero-order valence-electron chi connectivity index (χ0n) is 13.3. The van der Waals surface area contributed by atoms with Gasteiger partial charge in [0.05, 0.1) is 16.8 Å². The molecular formula is C16H14F3N3O3. The zero-order chi connectivity index (χ0) is 18.6. The number of phenolic OH excluding ortho intramolecular Hbond substituents is 1. The number of carbonyl (C=O) groups excluding carboxylic acids is 1. The predicted molar refractivity (Wildman–Crippen MR) is 84.0 cm³/mol. The molecule has 1 heterocycles. The van der Waals surface area contributed by atoms with Crippen molar-refractivity contribution in [3.8, 4) is 17.0 Å². The van der Waals surface area contributed by atoms with Gasteiger partial charge in [-0.25, -0.2) is 0 Å². The van der Waals surface area contributed by atoms with Gasteiger partial charge in [-0.05, 0) is 24.3 Å². The van der Waals surface area contributed by atoms with E-state index in [1.165, 1.54) is 32.4 Å². The number of carbonyl (C=O) groups is 1. The van der Waals surface area contributed by atoms with Gasteiger partial charge in [0.2, 0.25) is 0 Å². The molecule has 0 saturated carbocycles. The van der Waals surface area contributed by atoms with Crippen LogP contribution in [0.3, 0.4) is 0 Å². The van der Waals surface area contributed by atoms with Crippen LogP contribution in [0.15, 0.2) is 41.7 Å². The van der Waals surface area contributed by atoms with E-state index >= 15 is 0 Å². The van der Waals surface area contributed by atoms with Crippen LogP contribution < -0.4 is 5.32 Å². The number of phenols is 1. The number of nitrogens with one attached hydrogen (secondary N) is 1. The second-order valence-electron chi connectivity index (χ2n) is 4.83. The number of halogens is 3. The monoisotopic (exact) mass is 353 g/mol. The lowest BCUT2D eigenvalue weighted by molar-refractivity contribution is -0.137. The highest BCUT2D eigenvalue weighted by atomic mass is 19.4. The van der Waals surface area contributed by atoms with Crippen LogP contribution in [0.5, 0.6) is 5.75 Å². The summed E-state index contributed by atoms with van der Waals surface area (Å²) in [6, 6.07) is 6.39. The van der Waals surface area contributed by atoms with Gasteiger partial charge in [-0.2, -0.15) is 13.2 Å². The topological polar surface area (TPSA) is 83.8 Å². The molecule has 0 aliphatic heterocycles. The largest absolute Gasteiger partial charge is 0.507 e. The number of hydrogen-bond acceptors (Lipinski definition) is 5. The number of rotatable bonds is 4. The molecule has 0 aliphatic rings. The molecule has 0 bridgehead atoms. The van der Waals surface area contributed by atoms with Crippen molar-refractivity contribution in [3.63, 3.8) is 0 Å². The Morgan fingerprint density at radius 3 is 2.52 bits per heavy atom. The van der Waals surface area contributed by atoms with E-state index in [1.54, 1.807) is 0 Å². The van der Waals surface area contributed by atoms with Gasteiger partial charge in [-0.1, -0.05) is 11.2 Å². The Labute approximate surface area is 140 Å². The number of para-hydroxylation sites is 1. The van der Waals surface area contributed by atoms with Crippen molar-refractivity contribution in [2.45, 2.75) is 6.18 Å². The number of pyridine rings is 1. The van der Waals surface area contributed by atoms with Gasteiger partial charge in [0.15, 0.2) is 5.71 Å². The highest BCUT2D eigenvalue weighted by molar-refractivity contribution is 6.45. The van der Waals surface area contributed by atoms with Crippen LogP contribution in [0.1, 0.15) is 11.1 Å². The fraction of sp³-hybridized carbons (Fsp3) is 0.188. The van der Waals surface area contributed by atoms with Crippen molar-refractivity contribution in [3.05, 3.63) is 47.7 Å². The lowest BCUT2D eigenvalue weighted by Crippen LogP contribution is -2.28. The molecule has 25 heavy (non-hydrogen) atoms. The fourth-order valence-corrected chi connectivity index (χ4v) is 2.08. The van der Waals surface area contributed by atoms with Crippen molar-refractivity contribution in [1.82, 2.24) is 10.3 Å². The molecule has 0 unspecified atom stereocenters. The van der Waals surface area contributed by atoms with E-state index in [2.05, 4.69) is 20.3 Å². The first-order valence-electron chi connectivity index (χ1n) is 6.98. The minimum atomic E-state index is -4.51. The van der Waals surface area contributed by atoms with Gasteiger partial charge in [-0.15, -0.1) is 0 Å². The maximum atomic E-state index is 12.6. The van der Waals surface area contributed by atoms with E-state index in [0.717, 1.165) is 12.1 Å². The molecule has 1 aromatic heterocycles. The third-order valence-electron chi connectivity index (χ3n) is 3.28. The summed E-state index contributed by atoms with van der Waals surface area (Å²) < 4.78 is 37.9. The molecule has 1 amide bonds. The quantitative estimate of drug-likeness (QED) is 0.654. The summed E-state index contributed by atoms with van der Waals surface area (Å²) in [4.78, 5) is 20.2. The standard InChI is InChI=1S/C16H14F3N3O3/c1-20-15(24)13(22-25-2)11-5-3-4-10(14(11)23)12-7-6-9(8-21-12)16(17,18)19/h3-8,23H,1-2H3,(H,20,24)/b22-13+. The highest BCUT2D eigenvalue weighted by Crippen LogP contribution is 2.34. The minimum Gasteiger partial charge on any atom is -0.507 e. The van der Waals surface area contributed by atoms with Crippen LogP contribution in [0.25, 0.3) is 11.3 Å². The molecule has 0 spiro atoms. The molecule has 6 nitrogen and oxygen atoms in total. The number of aromatic nitrogens is 1. The molecule has 0 atom stereocenters. The van der Waals surface area contributed by atoms with Crippen molar-refractivity contribution in [1.29, 1.82) is 0 Å². The lowest BCUT2D eigenvalue weighted by atomic mass is 10.0. The number of oxime groups is 1. The molecule has 9 heteroatoms. The van der Waals surface area contributed by atoms with E-state index < -0.39 is 17.6 Å². The molecule has 0 radical (unpaired) electrons. The highest BCUT2D eigenvalue weighted by Gasteiger charge is 2.31. The summed E-state index contributed by atoms with van der Waals surface area (Å²) in [5, 5.41) is 16.4. The Hall–Kier alpha value is -3.10. The average Bonchev–Trinajstić information content (AvgIpc) is 2.59. The SMILES string of the molecule is CNC(=O)/C(=N/OC)c1cccc(-c2ccc(C(F)(F)F)cn2)c1O. The molecule has 2 aromatic rings. The smallest absolute Gasteiger partial charge is 0.417 e. The van der Waals surface area contributed by atoms with E-state index in [4.69, 9.17) is 0 Å². The number of likely N-dealkylation sites (N-methyl/N-ethyl adjacent to an activating group) is 1. The molecule has 2 N–H and O–H groups in total. The number of nitrogens with zero attached hydrogens (tertiary/aromatic N) is 2. The molecule has 0 fully saturated rings. The van der Waals surface area contributed by atoms with Crippen LogP contribution in [0.2, 0.25) is 0 Å². The molecule has 0 aliphatic carbocycles. The minimum absolute atomic E-state index is 0.0559. The summed E-state index contributed by atoms with van der Waals surface area (Å²) in [7, 11) is 2.62. The van der Waals surface area contributed by atoms with Gasteiger partial charge in [-0.3, -0.25) is 9.78 Å². The fourth-order valence-electron chi connectivity index (χ4n) is 2.08. The van der Waals surface area contributed by atoms with Crippen LogP contribution in [-0.2, 0) is 15.8 Å². The Balaban J connectivity index is 2.51. The number of hydrogen-bond donors (Lipinski definition) is 2. The van der Waals surface area contributed by atoms with Gasteiger partial charge >= 0.3 is 6.18 Å². The van der Waals surface area contributed by atoms with Crippen LogP contribution in [-0.4, -0.2) is 35.9 Å². The summed E-state index contributed by atoms with van der Waals surface area (Å²) in [5.41, 5.74) is -0.768. The number of benzene rings is 1. The molecule has 132 valence electrons. The zero-order valence-corrected chi connectivity index (χ0v) is 13.3. The lowest BCUT2D eigenvalue weighted by Gasteiger charge is -2.11. The summed E-state index contributed by atoms with van der Waals surface area (Å²) >= 11 is 0. The Morgan fingerprint density at radius 2 is 2.00 bits per heavy atom. The summed E-state index contributed by atoms with van der Waals surface area (Å²) in [6.45, 7) is 0. The first-order chi connectivity index (χ1) is 11.8. The van der Waals surface area contributed by atoms with Crippen molar-refractivity contribution >= 4 is 11.6 Å². The third-order valence-corrected chi connectivity index (χ3v) is 3.28. The normalized spacial score (nSPS) is 12.0. The number of aromatic hydroxyl groups is 1. The third kappa shape index (κ3) is 3.87. The second kappa shape index (κ2) is 7.20. The summed E-state index contributed by atoms with van der Waals surface area (Å²) in [5.74, 6) is -0.955. The van der Waals surface area contributed by atoms with Gasteiger partial charge in [0.1, 0.15) is 12.9 Å². The Bertz CT molecular complexity index is 803. The Kier molecular flexibility index (Phi) is 5.26. The molecule has 0 saturated heterocycles. The van der Waals surface area contributed by atoms with Crippen LogP contribution in [0.4, 0.5) is 13.2 Å². The van der Waals surface area contributed by atoms with E-state index in [-0.39, 0.29) is 28.3 Å². The molecular weight excluding hydrogens is 339 g/mol. The molecule has 1 aromatic carbocycles. The summed E-state index contributed by atoms with van der Waals surface area (Å²) in [6.07, 6.45) is -3.84. The van der Waals surface area contributed by atoms with Gasteiger partial charge in [0.25, 0.3) is 5.91 Å². The van der Waals surface area contributed by atoms with Crippen molar-refractivity contribution < 1.29 is 27.9 Å². The van der Waals surface area contributed by atoms with Crippen molar-refractivity contribution in [2.75, 3.05) is 14.2 Å². The maximum Gasteiger partial charge on any atom is 0.417 e. The van der Waals surface area contributed by atoms with E-state index in [9.17, 15) is 23.1 Å². The second-order valence-corrected chi connectivity index (χ2v) is 4.83.